The van der Waals surface area contributed by atoms with Crippen LogP contribution in [0.15, 0.2) is 35.1 Å². The molecule has 2 N–H and O–H groups in total. The number of hydrogen-bond acceptors (Lipinski definition) is 6. The van der Waals surface area contributed by atoms with Gasteiger partial charge >= 0.3 is 5.97 Å². The molecule has 0 amide bonds. The van der Waals surface area contributed by atoms with Gasteiger partial charge in [0.15, 0.2) is 5.60 Å². The zero-order chi connectivity index (χ0) is 19.6. The van der Waals surface area contributed by atoms with E-state index in [9.17, 15) is 19.8 Å². The van der Waals surface area contributed by atoms with Crippen molar-refractivity contribution >= 4 is 11.8 Å². The van der Waals surface area contributed by atoms with E-state index < -0.39 is 29.8 Å². The Labute approximate surface area is 154 Å². The summed E-state index contributed by atoms with van der Waals surface area (Å²) >= 11 is 0. The van der Waals surface area contributed by atoms with Crippen LogP contribution in [0.25, 0.3) is 0 Å². The number of hydrogen-bond donors (Lipinski definition) is 2. The predicted octanol–water partition coefficient (Wildman–Crippen LogP) is 2.20. The SMILES string of the molecule is CC1=CC(=O)OC(C=C(C)C(O)CC(O)C(C)C2=CC(=O)C(C)(C)O2)C1. The maximum Gasteiger partial charge on any atom is 0.331 e. The highest BCUT2D eigenvalue weighted by Crippen LogP contribution is 2.31. The van der Waals surface area contributed by atoms with Crippen LogP contribution in [0.4, 0.5) is 0 Å². The quantitative estimate of drug-likeness (QED) is 0.554. The molecule has 0 aromatic heterocycles. The number of aliphatic hydroxyl groups excluding tert-OH is 2. The van der Waals surface area contributed by atoms with Crippen LogP contribution < -0.4 is 0 Å². The number of ketones is 1. The first-order chi connectivity index (χ1) is 12.0. The van der Waals surface area contributed by atoms with Crippen molar-refractivity contribution in [2.75, 3.05) is 0 Å². The molecule has 2 heterocycles. The Morgan fingerprint density at radius 3 is 2.54 bits per heavy atom. The number of rotatable bonds is 6. The highest BCUT2D eigenvalue weighted by molar-refractivity contribution is 5.98. The highest BCUT2D eigenvalue weighted by Gasteiger charge is 2.38. The maximum absolute atomic E-state index is 11.9. The smallest absolute Gasteiger partial charge is 0.331 e. The van der Waals surface area contributed by atoms with Crippen LogP contribution in [0.5, 0.6) is 0 Å². The molecule has 0 spiro atoms. The van der Waals surface area contributed by atoms with Crippen molar-refractivity contribution in [3.63, 3.8) is 0 Å². The zero-order valence-electron chi connectivity index (χ0n) is 16.0. The van der Waals surface area contributed by atoms with Crippen LogP contribution in [0.2, 0.25) is 0 Å². The van der Waals surface area contributed by atoms with Crippen LogP contribution >= 0.6 is 0 Å². The van der Waals surface area contributed by atoms with E-state index in [0.29, 0.717) is 17.8 Å². The van der Waals surface area contributed by atoms with Crippen LogP contribution in [0.1, 0.15) is 47.5 Å². The third kappa shape index (κ3) is 4.83. The molecule has 0 aromatic carbocycles. The Balaban J connectivity index is 1.96. The van der Waals surface area contributed by atoms with Gasteiger partial charge in [0.25, 0.3) is 0 Å². The first kappa shape index (κ1) is 20.4. The van der Waals surface area contributed by atoms with Gasteiger partial charge in [0.05, 0.1) is 12.2 Å². The minimum Gasteiger partial charge on any atom is -0.484 e. The van der Waals surface area contributed by atoms with Crippen LogP contribution in [-0.4, -0.2) is 45.9 Å². The third-order valence-corrected chi connectivity index (χ3v) is 4.86. The molecule has 6 nitrogen and oxygen atoms in total. The second-order valence-corrected chi connectivity index (χ2v) is 7.71. The molecular weight excluding hydrogens is 336 g/mol. The van der Waals surface area contributed by atoms with E-state index in [2.05, 4.69) is 0 Å². The fraction of sp³-hybridized carbons (Fsp3) is 0.600. The van der Waals surface area contributed by atoms with Crippen LogP contribution in [0, 0.1) is 5.92 Å². The van der Waals surface area contributed by atoms with E-state index in [1.54, 1.807) is 33.8 Å². The van der Waals surface area contributed by atoms with Gasteiger partial charge in [-0.25, -0.2) is 4.79 Å². The maximum atomic E-state index is 11.9. The lowest BCUT2D eigenvalue weighted by atomic mass is 9.93. The molecule has 0 fully saturated rings. The number of esters is 1. The Kier molecular flexibility index (Phi) is 6.09. The number of carbonyl (C=O) groups is 2. The lowest BCUT2D eigenvalue weighted by molar-refractivity contribution is -0.142. The lowest BCUT2D eigenvalue weighted by Crippen LogP contribution is -2.30. The second-order valence-electron chi connectivity index (χ2n) is 7.71. The van der Waals surface area contributed by atoms with Gasteiger partial charge in [0.1, 0.15) is 11.9 Å². The summed E-state index contributed by atoms with van der Waals surface area (Å²) in [6.45, 7) is 8.72. The van der Waals surface area contributed by atoms with Gasteiger partial charge in [-0.3, -0.25) is 4.79 Å². The summed E-state index contributed by atoms with van der Waals surface area (Å²) in [5.41, 5.74) is 0.645. The van der Waals surface area contributed by atoms with Gasteiger partial charge in [0, 0.05) is 30.9 Å². The molecule has 2 aliphatic rings. The standard InChI is InChI=1S/C20H28O6/c1-11-6-14(25-19(24)7-11)8-12(2)15(21)9-16(22)13(3)17-10-18(23)20(4,5)26-17/h7-8,10,13-16,21-22H,6,9H2,1-5H3. The van der Waals surface area contributed by atoms with Crippen LogP contribution in [-0.2, 0) is 19.1 Å². The first-order valence-electron chi connectivity index (χ1n) is 8.87. The van der Waals surface area contributed by atoms with E-state index >= 15 is 0 Å². The van der Waals surface area contributed by atoms with Crippen LogP contribution in [0.3, 0.4) is 0 Å². The number of ether oxygens (including phenoxy) is 2. The predicted molar refractivity (Wildman–Crippen MR) is 96.1 cm³/mol. The first-order valence-corrected chi connectivity index (χ1v) is 8.87. The van der Waals surface area contributed by atoms with E-state index in [1.165, 1.54) is 12.2 Å². The molecule has 0 bridgehead atoms. The van der Waals surface area contributed by atoms with Crippen molar-refractivity contribution in [1.29, 1.82) is 0 Å². The molecular formula is C20H28O6. The number of cyclic esters (lactones) is 1. The summed E-state index contributed by atoms with van der Waals surface area (Å²) in [5.74, 6) is -0.501. The van der Waals surface area contributed by atoms with Crippen molar-refractivity contribution < 1.29 is 29.3 Å². The molecule has 2 aliphatic heterocycles. The van der Waals surface area contributed by atoms with E-state index in [4.69, 9.17) is 9.47 Å². The highest BCUT2D eigenvalue weighted by atomic mass is 16.5. The Morgan fingerprint density at radius 1 is 1.35 bits per heavy atom. The number of aliphatic hydroxyl groups is 2. The fourth-order valence-corrected chi connectivity index (χ4v) is 3.01. The number of carbonyl (C=O) groups excluding carboxylic acids is 2. The minimum absolute atomic E-state index is 0.0916. The summed E-state index contributed by atoms with van der Waals surface area (Å²) in [4.78, 5) is 23.3. The van der Waals surface area contributed by atoms with Crippen molar-refractivity contribution in [3.05, 3.63) is 35.1 Å². The molecule has 0 radical (unpaired) electrons. The van der Waals surface area contributed by atoms with Crippen molar-refractivity contribution in [3.8, 4) is 0 Å². The summed E-state index contributed by atoms with van der Waals surface area (Å²) in [5, 5.41) is 20.8. The second kappa shape index (κ2) is 7.76. The third-order valence-electron chi connectivity index (χ3n) is 4.86. The molecule has 144 valence electrons. The molecule has 4 atom stereocenters. The Hall–Kier alpha value is -1.92. The average Bonchev–Trinajstić information content (AvgIpc) is 2.78. The van der Waals surface area contributed by atoms with E-state index in [1.807, 2.05) is 6.92 Å². The van der Waals surface area contributed by atoms with Crippen molar-refractivity contribution in [2.24, 2.45) is 5.92 Å². The van der Waals surface area contributed by atoms with E-state index in [-0.39, 0.29) is 18.2 Å². The largest absolute Gasteiger partial charge is 0.484 e. The van der Waals surface area contributed by atoms with E-state index in [0.717, 1.165) is 5.57 Å². The van der Waals surface area contributed by atoms with Gasteiger partial charge < -0.3 is 19.7 Å². The van der Waals surface area contributed by atoms with Gasteiger partial charge in [0.2, 0.25) is 5.78 Å². The molecule has 2 rings (SSSR count). The van der Waals surface area contributed by atoms with Crippen molar-refractivity contribution in [1.82, 2.24) is 0 Å². The summed E-state index contributed by atoms with van der Waals surface area (Å²) in [7, 11) is 0. The van der Waals surface area contributed by atoms with Gasteiger partial charge in [-0.15, -0.1) is 0 Å². The molecule has 6 heteroatoms. The molecule has 0 saturated heterocycles. The summed E-state index contributed by atoms with van der Waals surface area (Å²) in [6.07, 6.45) is 3.10. The van der Waals surface area contributed by atoms with Gasteiger partial charge in [-0.2, -0.15) is 0 Å². The molecule has 0 saturated carbocycles. The molecule has 4 unspecified atom stereocenters. The normalized spacial score (nSPS) is 26.4. The Morgan fingerprint density at radius 2 is 2.00 bits per heavy atom. The summed E-state index contributed by atoms with van der Waals surface area (Å²) in [6, 6.07) is 0. The molecule has 26 heavy (non-hydrogen) atoms. The molecule has 0 aromatic rings. The van der Waals surface area contributed by atoms with Crippen molar-refractivity contribution in [2.45, 2.75) is 71.4 Å². The Bertz CT molecular complexity index is 670. The zero-order valence-corrected chi connectivity index (χ0v) is 16.0. The lowest BCUT2D eigenvalue weighted by Gasteiger charge is -2.26. The topological polar surface area (TPSA) is 93.1 Å². The average molecular weight is 364 g/mol. The van der Waals surface area contributed by atoms with Gasteiger partial charge in [-0.1, -0.05) is 12.5 Å². The molecule has 0 aliphatic carbocycles. The van der Waals surface area contributed by atoms with Gasteiger partial charge in [-0.05, 0) is 39.3 Å². The summed E-state index contributed by atoms with van der Waals surface area (Å²) < 4.78 is 10.8. The monoisotopic (exact) mass is 364 g/mol. The fourth-order valence-electron chi connectivity index (χ4n) is 3.01. The minimum atomic E-state index is -0.909.